The SMILES string of the molecule is CC(OC(=O)c1cccc(S(=O)(=O)N2CCCC2)c1)C(=O)Nc1ccc([N+](=O)[O-])cc1Cl. The van der Waals surface area contributed by atoms with Gasteiger partial charge in [-0.2, -0.15) is 4.31 Å². The molecule has 0 saturated carbocycles. The first-order valence-corrected chi connectivity index (χ1v) is 11.5. The summed E-state index contributed by atoms with van der Waals surface area (Å²) in [6.45, 7) is 2.19. The normalized spacial score (nSPS) is 15.2. The van der Waals surface area contributed by atoms with Gasteiger partial charge < -0.3 is 10.1 Å². The minimum Gasteiger partial charge on any atom is -0.449 e. The molecule has 0 spiro atoms. The Labute approximate surface area is 189 Å². The summed E-state index contributed by atoms with van der Waals surface area (Å²) in [4.78, 5) is 35.0. The second kappa shape index (κ2) is 9.63. The number of ether oxygens (including phenoxy) is 1. The van der Waals surface area contributed by atoms with Gasteiger partial charge in [0.2, 0.25) is 10.0 Å². The van der Waals surface area contributed by atoms with Crippen LogP contribution < -0.4 is 5.32 Å². The first-order valence-electron chi connectivity index (χ1n) is 9.65. The van der Waals surface area contributed by atoms with Gasteiger partial charge in [-0.15, -0.1) is 0 Å². The molecule has 1 heterocycles. The Bertz CT molecular complexity index is 1160. The summed E-state index contributed by atoms with van der Waals surface area (Å²) in [5.41, 5.74) is -0.140. The second-order valence-electron chi connectivity index (χ2n) is 7.10. The van der Waals surface area contributed by atoms with Crippen molar-refractivity contribution in [3.05, 3.63) is 63.2 Å². The van der Waals surface area contributed by atoms with Crippen LogP contribution in [-0.4, -0.2) is 48.7 Å². The van der Waals surface area contributed by atoms with Crippen molar-refractivity contribution in [2.45, 2.75) is 30.8 Å². The number of non-ortho nitro benzene ring substituents is 1. The highest BCUT2D eigenvalue weighted by Crippen LogP contribution is 2.27. The number of carbonyl (C=O) groups excluding carboxylic acids is 2. The molecule has 1 saturated heterocycles. The van der Waals surface area contributed by atoms with Crippen LogP contribution in [-0.2, 0) is 19.6 Å². The van der Waals surface area contributed by atoms with Gasteiger partial charge in [-0.25, -0.2) is 13.2 Å². The number of halogens is 1. The topological polar surface area (TPSA) is 136 Å². The van der Waals surface area contributed by atoms with E-state index in [1.54, 1.807) is 0 Å². The molecule has 12 heteroatoms. The third kappa shape index (κ3) is 5.23. The van der Waals surface area contributed by atoms with Gasteiger partial charge in [-0.3, -0.25) is 14.9 Å². The predicted octanol–water partition coefficient (Wildman–Crippen LogP) is 3.22. The Morgan fingerprint density at radius 1 is 1.19 bits per heavy atom. The number of carbonyl (C=O) groups is 2. The lowest BCUT2D eigenvalue weighted by molar-refractivity contribution is -0.384. The fourth-order valence-corrected chi connectivity index (χ4v) is 4.88. The molecule has 32 heavy (non-hydrogen) atoms. The first kappa shape index (κ1) is 23.6. The minimum absolute atomic E-state index is 0.0155. The van der Waals surface area contributed by atoms with E-state index in [9.17, 15) is 28.1 Å². The lowest BCUT2D eigenvalue weighted by Crippen LogP contribution is -2.30. The third-order valence-electron chi connectivity index (χ3n) is 4.85. The van der Waals surface area contributed by atoms with Crippen LogP contribution in [0.5, 0.6) is 0 Å². The molecule has 1 atom stereocenters. The van der Waals surface area contributed by atoms with Crippen LogP contribution in [0.25, 0.3) is 0 Å². The molecular weight excluding hydrogens is 462 g/mol. The molecule has 1 aliphatic heterocycles. The van der Waals surface area contributed by atoms with Gasteiger partial charge in [0.25, 0.3) is 11.6 Å². The summed E-state index contributed by atoms with van der Waals surface area (Å²) < 4.78 is 31.9. The highest BCUT2D eigenvalue weighted by molar-refractivity contribution is 7.89. The van der Waals surface area contributed by atoms with Crippen molar-refractivity contribution in [2.75, 3.05) is 18.4 Å². The maximum atomic E-state index is 12.7. The van der Waals surface area contributed by atoms with Crippen LogP contribution >= 0.6 is 11.6 Å². The Kier molecular flexibility index (Phi) is 7.12. The average molecular weight is 482 g/mol. The Hall–Kier alpha value is -3.02. The summed E-state index contributed by atoms with van der Waals surface area (Å²) >= 11 is 5.95. The van der Waals surface area contributed by atoms with Crippen LogP contribution in [0.3, 0.4) is 0 Å². The molecule has 3 rings (SSSR count). The smallest absolute Gasteiger partial charge is 0.338 e. The van der Waals surface area contributed by atoms with Gasteiger partial charge >= 0.3 is 5.97 Å². The molecule has 1 amide bonds. The zero-order valence-corrected chi connectivity index (χ0v) is 18.6. The largest absolute Gasteiger partial charge is 0.449 e. The fraction of sp³-hybridized carbons (Fsp3) is 0.300. The van der Waals surface area contributed by atoms with E-state index in [0.29, 0.717) is 13.1 Å². The third-order valence-corrected chi connectivity index (χ3v) is 7.05. The maximum Gasteiger partial charge on any atom is 0.338 e. The fourth-order valence-electron chi connectivity index (χ4n) is 3.10. The van der Waals surface area contributed by atoms with Gasteiger partial charge in [-0.1, -0.05) is 17.7 Å². The number of anilines is 1. The molecule has 0 bridgehead atoms. The molecule has 0 aromatic heterocycles. The molecule has 10 nitrogen and oxygen atoms in total. The van der Waals surface area contributed by atoms with Gasteiger partial charge in [0, 0.05) is 25.2 Å². The Morgan fingerprint density at radius 3 is 2.50 bits per heavy atom. The van der Waals surface area contributed by atoms with Crippen molar-refractivity contribution >= 4 is 44.9 Å². The highest BCUT2D eigenvalue weighted by Gasteiger charge is 2.28. The maximum absolute atomic E-state index is 12.7. The van der Waals surface area contributed by atoms with Crippen LogP contribution in [0.2, 0.25) is 5.02 Å². The van der Waals surface area contributed by atoms with E-state index in [4.69, 9.17) is 16.3 Å². The molecule has 0 radical (unpaired) electrons. The zero-order valence-electron chi connectivity index (χ0n) is 17.0. The van der Waals surface area contributed by atoms with E-state index in [0.717, 1.165) is 18.9 Å². The molecule has 1 N–H and O–H groups in total. The van der Waals surface area contributed by atoms with Crippen LogP contribution in [0.1, 0.15) is 30.1 Å². The number of rotatable bonds is 7. The first-order chi connectivity index (χ1) is 15.1. The summed E-state index contributed by atoms with van der Waals surface area (Å²) in [5.74, 6) is -1.59. The molecule has 1 aliphatic rings. The molecule has 2 aromatic rings. The van der Waals surface area contributed by atoms with Crippen molar-refractivity contribution in [1.29, 1.82) is 0 Å². The number of sulfonamides is 1. The van der Waals surface area contributed by atoms with Gasteiger partial charge in [0.05, 0.1) is 26.1 Å². The monoisotopic (exact) mass is 481 g/mol. The van der Waals surface area contributed by atoms with Crippen LogP contribution in [0.4, 0.5) is 11.4 Å². The number of esters is 1. The van der Waals surface area contributed by atoms with Crippen molar-refractivity contribution in [3.63, 3.8) is 0 Å². The van der Waals surface area contributed by atoms with Crippen LogP contribution in [0.15, 0.2) is 47.4 Å². The van der Waals surface area contributed by atoms with Crippen molar-refractivity contribution in [2.24, 2.45) is 0 Å². The van der Waals surface area contributed by atoms with E-state index in [1.807, 2.05) is 0 Å². The summed E-state index contributed by atoms with van der Waals surface area (Å²) in [7, 11) is -3.71. The number of nitro groups is 1. The van der Waals surface area contributed by atoms with E-state index < -0.39 is 32.9 Å². The molecule has 1 fully saturated rings. The molecule has 1 unspecified atom stereocenters. The van der Waals surface area contributed by atoms with Gasteiger partial charge in [-0.05, 0) is 44.0 Å². The van der Waals surface area contributed by atoms with Crippen LogP contribution in [0, 0.1) is 10.1 Å². The van der Waals surface area contributed by atoms with Crippen molar-refractivity contribution < 1.29 is 27.7 Å². The zero-order chi connectivity index (χ0) is 23.5. The number of hydrogen-bond acceptors (Lipinski definition) is 7. The molecular formula is C20H20ClN3O7S. The van der Waals surface area contributed by atoms with E-state index in [-0.39, 0.29) is 26.9 Å². The number of nitro benzene ring substituents is 1. The summed E-state index contributed by atoms with van der Waals surface area (Å²) in [6.07, 6.45) is 0.325. The standard InChI is InChI=1S/C20H20ClN3O7S/c1-13(19(25)22-18-8-7-15(24(27)28)12-17(18)21)31-20(26)14-5-4-6-16(11-14)32(29,30)23-9-2-3-10-23/h4-8,11-13H,2-3,9-10H2,1H3,(H,22,25). The number of hydrogen-bond donors (Lipinski definition) is 1. The summed E-state index contributed by atoms with van der Waals surface area (Å²) in [6, 6.07) is 8.96. The van der Waals surface area contributed by atoms with Crippen molar-refractivity contribution in [3.8, 4) is 0 Å². The number of nitrogens with one attached hydrogen (secondary N) is 1. The van der Waals surface area contributed by atoms with Gasteiger partial charge in [0.15, 0.2) is 6.10 Å². The number of amides is 1. The van der Waals surface area contributed by atoms with E-state index in [1.165, 1.54) is 47.6 Å². The lowest BCUT2D eigenvalue weighted by atomic mass is 10.2. The number of nitrogens with zero attached hydrogens (tertiary/aromatic N) is 2. The minimum atomic E-state index is -3.71. The Balaban J connectivity index is 1.68. The quantitative estimate of drug-likeness (QED) is 0.364. The predicted molar refractivity (Wildman–Crippen MR) is 116 cm³/mol. The van der Waals surface area contributed by atoms with Gasteiger partial charge in [0.1, 0.15) is 0 Å². The highest BCUT2D eigenvalue weighted by atomic mass is 35.5. The van der Waals surface area contributed by atoms with E-state index >= 15 is 0 Å². The molecule has 0 aliphatic carbocycles. The van der Waals surface area contributed by atoms with E-state index in [2.05, 4.69) is 5.32 Å². The second-order valence-corrected chi connectivity index (χ2v) is 9.44. The Morgan fingerprint density at radius 2 is 1.88 bits per heavy atom. The lowest BCUT2D eigenvalue weighted by Gasteiger charge is -2.17. The molecule has 2 aromatic carbocycles. The molecule has 170 valence electrons. The number of benzene rings is 2. The summed E-state index contributed by atoms with van der Waals surface area (Å²) in [5, 5.41) is 13.2. The van der Waals surface area contributed by atoms with Crippen molar-refractivity contribution in [1.82, 2.24) is 4.31 Å². The average Bonchev–Trinajstić information content (AvgIpc) is 3.31.